The Kier molecular flexibility index (Phi) is 5.54. The molecule has 0 saturated carbocycles. The normalized spacial score (nSPS) is 16.2. The Bertz CT molecular complexity index is 531. The van der Waals surface area contributed by atoms with Crippen molar-refractivity contribution in [3.05, 3.63) is 24.0 Å². The van der Waals surface area contributed by atoms with E-state index in [1.807, 2.05) is 26.1 Å². The quantitative estimate of drug-likeness (QED) is 0.481. The third-order valence-electron chi connectivity index (χ3n) is 3.72. The number of nitrogens with zero attached hydrogens (tertiary/aromatic N) is 2. The highest BCUT2D eigenvalue weighted by atomic mass is 16.4. The van der Waals surface area contributed by atoms with E-state index in [4.69, 9.17) is 0 Å². The first-order chi connectivity index (χ1) is 10.7. The summed E-state index contributed by atoms with van der Waals surface area (Å²) in [6, 6.07) is 3.83. The van der Waals surface area contributed by atoms with Gasteiger partial charge in [0.05, 0.1) is 17.8 Å². The van der Waals surface area contributed by atoms with Crippen molar-refractivity contribution in [3.63, 3.8) is 0 Å². The lowest BCUT2D eigenvalue weighted by Gasteiger charge is -2.23. The summed E-state index contributed by atoms with van der Waals surface area (Å²) in [5.74, 6) is -0.993. The molecule has 0 radical (unpaired) electrons. The Morgan fingerprint density at radius 1 is 1.45 bits per heavy atom. The number of hydrazine groups is 2. The Hall–Kier alpha value is -2.35. The molecule has 0 amide bonds. The number of amidine groups is 1. The van der Waals surface area contributed by atoms with Gasteiger partial charge in [0.25, 0.3) is 0 Å². The first kappa shape index (κ1) is 16.0. The van der Waals surface area contributed by atoms with Crippen LogP contribution in [0.4, 0.5) is 5.69 Å². The molecule has 2 rings (SSSR count). The smallest absolute Gasteiger partial charge is 0.307 e. The zero-order chi connectivity index (χ0) is 15.9. The fourth-order valence-electron chi connectivity index (χ4n) is 2.54. The molecule has 0 spiro atoms. The molecule has 1 aliphatic heterocycles. The number of aliphatic carboxylic acids is 1. The fourth-order valence-corrected chi connectivity index (χ4v) is 2.54. The number of hydrazone groups is 1. The van der Waals surface area contributed by atoms with Gasteiger partial charge in [-0.15, -0.1) is 10.6 Å². The summed E-state index contributed by atoms with van der Waals surface area (Å²) < 4.78 is 0. The molecule has 1 aromatic heterocycles. The third kappa shape index (κ3) is 3.85. The van der Waals surface area contributed by atoms with E-state index in [-0.39, 0.29) is 5.92 Å². The lowest BCUT2D eigenvalue weighted by molar-refractivity contribution is -0.143. The van der Waals surface area contributed by atoms with E-state index < -0.39 is 11.9 Å². The van der Waals surface area contributed by atoms with E-state index >= 15 is 0 Å². The van der Waals surface area contributed by atoms with Crippen LogP contribution in [0.25, 0.3) is 0 Å². The minimum Gasteiger partial charge on any atom is -0.481 e. The predicted octanol–water partition coefficient (Wildman–Crippen LogP) is 0.709. The van der Waals surface area contributed by atoms with Gasteiger partial charge in [0, 0.05) is 25.1 Å². The van der Waals surface area contributed by atoms with Crippen LogP contribution in [-0.4, -0.2) is 28.9 Å². The van der Waals surface area contributed by atoms with E-state index in [1.54, 1.807) is 6.20 Å². The second kappa shape index (κ2) is 7.60. The maximum absolute atomic E-state index is 11.6. The van der Waals surface area contributed by atoms with E-state index in [9.17, 15) is 9.90 Å². The molecule has 1 aromatic rings. The molecule has 8 nitrogen and oxygen atoms in total. The van der Waals surface area contributed by atoms with Crippen molar-refractivity contribution in [2.75, 3.05) is 12.4 Å². The molecule has 5 N–H and O–H groups in total. The molecule has 2 heterocycles. The fraction of sp³-hybridized carbons (Fsp3) is 0.500. The molecule has 0 saturated heterocycles. The van der Waals surface area contributed by atoms with Crippen LogP contribution < -0.4 is 21.8 Å². The van der Waals surface area contributed by atoms with E-state index in [0.29, 0.717) is 18.7 Å². The molecule has 0 aromatic carbocycles. The maximum atomic E-state index is 11.6. The number of pyridine rings is 1. The van der Waals surface area contributed by atoms with Gasteiger partial charge in [-0.05, 0) is 18.6 Å². The number of hydrogen-bond acceptors (Lipinski definition) is 7. The average Bonchev–Trinajstić information content (AvgIpc) is 3.05. The van der Waals surface area contributed by atoms with Gasteiger partial charge in [-0.3, -0.25) is 15.2 Å². The monoisotopic (exact) mass is 306 g/mol. The summed E-state index contributed by atoms with van der Waals surface area (Å²) in [5.41, 5.74) is 9.90. The Labute approximate surface area is 129 Å². The van der Waals surface area contributed by atoms with Gasteiger partial charge in [-0.25, -0.2) is 5.53 Å². The van der Waals surface area contributed by atoms with Gasteiger partial charge in [-0.2, -0.15) is 0 Å². The summed E-state index contributed by atoms with van der Waals surface area (Å²) in [5, 5.41) is 16.6. The van der Waals surface area contributed by atoms with Gasteiger partial charge >= 0.3 is 5.97 Å². The summed E-state index contributed by atoms with van der Waals surface area (Å²) in [6.45, 7) is 1.98. The van der Waals surface area contributed by atoms with Crippen LogP contribution in [-0.2, 0) is 11.2 Å². The maximum Gasteiger partial charge on any atom is 0.307 e. The number of carbonyl (C=O) groups is 1. The predicted molar refractivity (Wildman–Crippen MR) is 83.9 cm³/mol. The first-order valence-electron chi connectivity index (χ1n) is 7.34. The number of hydrogen-bond donors (Lipinski definition) is 5. The highest BCUT2D eigenvalue weighted by Crippen LogP contribution is 2.24. The van der Waals surface area contributed by atoms with Gasteiger partial charge < -0.3 is 10.4 Å². The number of anilines is 1. The van der Waals surface area contributed by atoms with Crippen molar-refractivity contribution < 1.29 is 9.90 Å². The second-order valence-electron chi connectivity index (χ2n) is 5.19. The summed E-state index contributed by atoms with van der Waals surface area (Å²) >= 11 is 0. The lowest BCUT2D eigenvalue weighted by atomic mass is 9.84. The highest BCUT2D eigenvalue weighted by Gasteiger charge is 2.33. The molecule has 1 aliphatic rings. The molecular weight excluding hydrogens is 284 g/mol. The molecule has 2 atom stereocenters. The van der Waals surface area contributed by atoms with Gasteiger partial charge in [0.2, 0.25) is 0 Å². The lowest BCUT2D eigenvalue weighted by Crippen LogP contribution is -2.42. The number of carboxylic acid groups (broad SMARTS) is 1. The molecule has 0 aliphatic carbocycles. The Morgan fingerprint density at radius 2 is 2.27 bits per heavy atom. The third-order valence-corrected chi connectivity index (χ3v) is 3.72. The molecular formula is C14H22N6O2. The van der Waals surface area contributed by atoms with Crippen LogP contribution in [0.2, 0.25) is 0 Å². The van der Waals surface area contributed by atoms with Crippen molar-refractivity contribution in [2.45, 2.75) is 26.2 Å². The molecule has 22 heavy (non-hydrogen) atoms. The molecule has 0 bridgehead atoms. The van der Waals surface area contributed by atoms with Crippen molar-refractivity contribution in [1.29, 1.82) is 0 Å². The Morgan fingerprint density at radius 3 is 2.77 bits per heavy atom. The number of nitrogens with one attached hydrogen (secondary N) is 4. The standard InChI is InChI=1S/C14H22N6O2/c1-3-4-11(14(21)22)12(13-17-19-20-18-13)7-9-5-6-10(15-2)8-16-9/h5-6,8,11-12,15,19-20H,3-4,7H2,1-2H3,(H,17,18)(H,21,22)/t11-,12-/m0/s1. The van der Waals surface area contributed by atoms with Crippen molar-refractivity contribution in [1.82, 2.24) is 21.5 Å². The van der Waals surface area contributed by atoms with Crippen LogP contribution >= 0.6 is 0 Å². The average molecular weight is 306 g/mol. The van der Waals surface area contributed by atoms with Crippen molar-refractivity contribution in [3.8, 4) is 0 Å². The van der Waals surface area contributed by atoms with E-state index in [0.717, 1.165) is 17.8 Å². The van der Waals surface area contributed by atoms with E-state index in [1.165, 1.54) is 0 Å². The van der Waals surface area contributed by atoms with E-state index in [2.05, 4.69) is 31.9 Å². The highest BCUT2D eigenvalue weighted by molar-refractivity contribution is 5.89. The Balaban J connectivity index is 2.21. The van der Waals surface area contributed by atoms with Gasteiger partial charge in [0.1, 0.15) is 5.84 Å². The zero-order valence-corrected chi connectivity index (χ0v) is 12.8. The van der Waals surface area contributed by atoms with Gasteiger partial charge in [-0.1, -0.05) is 13.3 Å². The van der Waals surface area contributed by atoms with Crippen LogP contribution in [0.15, 0.2) is 23.4 Å². The molecule has 0 unspecified atom stereocenters. The van der Waals surface area contributed by atoms with Crippen LogP contribution in [0.1, 0.15) is 25.5 Å². The zero-order valence-electron chi connectivity index (χ0n) is 12.8. The molecule has 8 heteroatoms. The summed E-state index contributed by atoms with van der Waals surface area (Å²) in [7, 11) is 1.83. The SMILES string of the molecule is CCC[C@H](C(=O)O)[C@H](Cc1ccc(NC)cn1)C1=NNNN1. The topological polar surface area (TPSA) is 111 Å². The second-order valence-corrected chi connectivity index (χ2v) is 5.19. The first-order valence-corrected chi connectivity index (χ1v) is 7.34. The summed E-state index contributed by atoms with van der Waals surface area (Å²) in [4.78, 5) is 16.0. The van der Waals surface area contributed by atoms with Crippen molar-refractivity contribution in [2.24, 2.45) is 16.9 Å². The molecule has 0 fully saturated rings. The van der Waals surface area contributed by atoms with Crippen LogP contribution in [0.5, 0.6) is 0 Å². The summed E-state index contributed by atoms with van der Waals surface area (Å²) in [6.07, 6.45) is 3.64. The number of aromatic nitrogens is 1. The number of rotatable bonds is 8. The van der Waals surface area contributed by atoms with Gasteiger partial charge in [0.15, 0.2) is 0 Å². The minimum atomic E-state index is -0.810. The van der Waals surface area contributed by atoms with Crippen LogP contribution in [0, 0.1) is 11.8 Å². The van der Waals surface area contributed by atoms with Crippen LogP contribution in [0.3, 0.4) is 0 Å². The minimum absolute atomic E-state index is 0.270. The number of carboxylic acids is 1. The molecule has 120 valence electrons. The van der Waals surface area contributed by atoms with Crippen molar-refractivity contribution >= 4 is 17.5 Å². The largest absolute Gasteiger partial charge is 0.481 e.